The minimum atomic E-state index is 0.150. The number of benzene rings is 1. The Morgan fingerprint density at radius 2 is 2.17 bits per heavy atom. The monoisotopic (exact) mass is 247 g/mol. The zero-order chi connectivity index (χ0) is 12.8. The maximum Gasteiger partial charge on any atom is 0.253 e. The van der Waals surface area contributed by atoms with Crippen LogP contribution in [0.5, 0.6) is 0 Å². The fourth-order valence-corrected chi connectivity index (χ4v) is 2.43. The molecule has 18 heavy (non-hydrogen) atoms. The van der Waals surface area contributed by atoms with Crippen LogP contribution in [0.2, 0.25) is 0 Å². The van der Waals surface area contributed by atoms with Gasteiger partial charge in [-0.25, -0.2) is 0 Å². The number of hydrogen-bond donors (Lipinski definition) is 0. The van der Waals surface area contributed by atoms with Gasteiger partial charge in [0.25, 0.3) is 5.91 Å². The van der Waals surface area contributed by atoms with E-state index in [0.29, 0.717) is 5.92 Å². The van der Waals surface area contributed by atoms with E-state index in [4.69, 9.17) is 4.74 Å². The number of nitrogens with zero attached hydrogens (tertiary/aromatic N) is 1. The molecule has 1 aromatic carbocycles. The summed E-state index contributed by atoms with van der Waals surface area (Å²) in [5.41, 5.74) is 0.787. The van der Waals surface area contributed by atoms with E-state index in [-0.39, 0.29) is 5.91 Å². The van der Waals surface area contributed by atoms with Gasteiger partial charge < -0.3 is 9.64 Å². The second kappa shape index (κ2) is 6.55. The molecule has 3 nitrogen and oxygen atoms in total. The van der Waals surface area contributed by atoms with Gasteiger partial charge in [-0.2, -0.15) is 0 Å². The van der Waals surface area contributed by atoms with Gasteiger partial charge in [-0.1, -0.05) is 18.2 Å². The highest BCUT2D eigenvalue weighted by molar-refractivity contribution is 5.94. The summed E-state index contributed by atoms with van der Waals surface area (Å²) in [5.74, 6) is 0.642. The van der Waals surface area contributed by atoms with E-state index in [1.54, 1.807) is 0 Å². The lowest BCUT2D eigenvalue weighted by atomic mass is 9.98. The number of piperidine rings is 1. The van der Waals surface area contributed by atoms with Gasteiger partial charge in [0.2, 0.25) is 0 Å². The Hall–Kier alpha value is -1.35. The van der Waals surface area contributed by atoms with E-state index in [2.05, 4.69) is 0 Å². The van der Waals surface area contributed by atoms with Crippen LogP contribution in [0.3, 0.4) is 0 Å². The second-order valence-electron chi connectivity index (χ2n) is 4.78. The predicted octanol–water partition coefficient (Wildman–Crippen LogP) is 2.58. The molecular weight excluding hydrogens is 226 g/mol. The first-order valence-corrected chi connectivity index (χ1v) is 6.73. The molecule has 1 aliphatic heterocycles. The maximum absolute atomic E-state index is 12.3. The van der Waals surface area contributed by atoms with Crippen molar-refractivity contribution in [2.75, 3.05) is 26.3 Å². The quantitative estimate of drug-likeness (QED) is 0.818. The summed E-state index contributed by atoms with van der Waals surface area (Å²) in [5, 5.41) is 0. The maximum atomic E-state index is 12.3. The minimum absolute atomic E-state index is 0.150. The Labute approximate surface area is 109 Å². The first-order chi connectivity index (χ1) is 8.81. The first-order valence-electron chi connectivity index (χ1n) is 6.73. The largest absolute Gasteiger partial charge is 0.381 e. The molecule has 1 aliphatic rings. The standard InChI is InChI=1S/C15H21NO2/c1-2-18-12-13-7-6-10-16(11-13)15(17)14-8-4-3-5-9-14/h3-5,8-9,13H,2,6-7,10-12H2,1H3. The Balaban J connectivity index is 1.94. The normalized spacial score (nSPS) is 19.8. The molecule has 0 aliphatic carbocycles. The van der Waals surface area contributed by atoms with Crippen molar-refractivity contribution >= 4 is 5.91 Å². The Kier molecular flexibility index (Phi) is 4.76. The summed E-state index contributed by atoms with van der Waals surface area (Å²) >= 11 is 0. The van der Waals surface area contributed by atoms with Crippen LogP contribution in [-0.2, 0) is 4.74 Å². The van der Waals surface area contributed by atoms with Crippen molar-refractivity contribution in [2.45, 2.75) is 19.8 Å². The van der Waals surface area contributed by atoms with Crippen LogP contribution in [0.25, 0.3) is 0 Å². The van der Waals surface area contributed by atoms with E-state index in [1.165, 1.54) is 6.42 Å². The van der Waals surface area contributed by atoms with Gasteiger partial charge >= 0.3 is 0 Å². The number of hydrogen-bond acceptors (Lipinski definition) is 2. The highest BCUT2D eigenvalue weighted by atomic mass is 16.5. The molecule has 0 aromatic heterocycles. The molecule has 0 spiro atoms. The molecule has 0 N–H and O–H groups in total. The number of rotatable bonds is 4. The lowest BCUT2D eigenvalue weighted by molar-refractivity contribution is 0.0501. The zero-order valence-electron chi connectivity index (χ0n) is 11.0. The molecule has 1 heterocycles. The van der Waals surface area contributed by atoms with Crippen molar-refractivity contribution in [2.24, 2.45) is 5.92 Å². The highest BCUT2D eigenvalue weighted by Crippen LogP contribution is 2.18. The SMILES string of the molecule is CCOCC1CCCN(C(=O)c2ccccc2)C1. The predicted molar refractivity (Wildman–Crippen MR) is 71.6 cm³/mol. The number of ether oxygens (including phenoxy) is 1. The average Bonchev–Trinajstić information content (AvgIpc) is 2.45. The van der Waals surface area contributed by atoms with Crippen LogP contribution in [0, 0.1) is 5.92 Å². The molecule has 1 atom stereocenters. The molecule has 0 saturated carbocycles. The van der Waals surface area contributed by atoms with Gasteiger partial charge in [0.15, 0.2) is 0 Å². The molecule has 0 radical (unpaired) electrons. The summed E-state index contributed by atoms with van der Waals surface area (Å²) in [6, 6.07) is 9.53. The molecule has 2 rings (SSSR count). The fourth-order valence-electron chi connectivity index (χ4n) is 2.43. The molecule has 1 amide bonds. The van der Waals surface area contributed by atoms with Gasteiger partial charge in [-0.15, -0.1) is 0 Å². The van der Waals surface area contributed by atoms with Crippen molar-refractivity contribution in [1.82, 2.24) is 4.90 Å². The van der Waals surface area contributed by atoms with Gasteiger partial charge in [-0.3, -0.25) is 4.79 Å². The zero-order valence-corrected chi connectivity index (χ0v) is 11.0. The third kappa shape index (κ3) is 3.33. The Morgan fingerprint density at radius 1 is 1.39 bits per heavy atom. The summed E-state index contributed by atoms with van der Waals surface area (Å²) in [4.78, 5) is 14.3. The fraction of sp³-hybridized carbons (Fsp3) is 0.533. The van der Waals surface area contributed by atoms with Crippen LogP contribution < -0.4 is 0 Å². The number of likely N-dealkylation sites (tertiary alicyclic amines) is 1. The molecule has 1 fully saturated rings. The topological polar surface area (TPSA) is 29.5 Å². The van der Waals surface area contributed by atoms with Gasteiger partial charge in [0.05, 0.1) is 6.61 Å². The smallest absolute Gasteiger partial charge is 0.253 e. The first kappa shape index (κ1) is 13.1. The van der Waals surface area contributed by atoms with Crippen molar-refractivity contribution in [3.05, 3.63) is 35.9 Å². The molecule has 1 saturated heterocycles. The number of carbonyl (C=O) groups excluding carboxylic acids is 1. The van der Waals surface area contributed by atoms with Crippen LogP contribution in [0.4, 0.5) is 0 Å². The molecule has 1 aromatic rings. The Morgan fingerprint density at radius 3 is 2.89 bits per heavy atom. The van der Waals surface area contributed by atoms with Crippen LogP contribution in [0.15, 0.2) is 30.3 Å². The molecular formula is C15H21NO2. The minimum Gasteiger partial charge on any atom is -0.381 e. The van der Waals surface area contributed by atoms with Crippen LogP contribution >= 0.6 is 0 Å². The number of carbonyl (C=O) groups is 1. The molecule has 1 unspecified atom stereocenters. The van der Waals surface area contributed by atoms with E-state index in [1.807, 2.05) is 42.2 Å². The summed E-state index contributed by atoms with van der Waals surface area (Å²) in [6.45, 7) is 5.23. The van der Waals surface area contributed by atoms with Crippen molar-refractivity contribution in [3.8, 4) is 0 Å². The molecule has 98 valence electrons. The number of amides is 1. The van der Waals surface area contributed by atoms with E-state index in [0.717, 1.165) is 38.3 Å². The third-order valence-corrected chi connectivity index (χ3v) is 3.38. The van der Waals surface area contributed by atoms with Crippen LogP contribution in [0.1, 0.15) is 30.1 Å². The Bertz CT molecular complexity index is 377. The lowest BCUT2D eigenvalue weighted by Crippen LogP contribution is -2.41. The van der Waals surface area contributed by atoms with Crippen molar-refractivity contribution in [3.63, 3.8) is 0 Å². The third-order valence-electron chi connectivity index (χ3n) is 3.38. The van der Waals surface area contributed by atoms with Gasteiger partial charge in [0, 0.05) is 25.3 Å². The van der Waals surface area contributed by atoms with Gasteiger partial charge in [0.1, 0.15) is 0 Å². The molecule has 3 heteroatoms. The van der Waals surface area contributed by atoms with Crippen LogP contribution in [-0.4, -0.2) is 37.1 Å². The molecule has 0 bridgehead atoms. The van der Waals surface area contributed by atoms with Crippen molar-refractivity contribution in [1.29, 1.82) is 0 Å². The summed E-state index contributed by atoms with van der Waals surface area (Å²) < 4.78 is 5.47. The van der Waals surface area contributed by atoms with Gasteiger partial charge in [-0.05, 0) is 37.8 Å². The second-order valence-corrected chi connectivity index (χ2v) is 4.78. The van der Waals surface area contributed by atoms with Crippen molar-refractivity contribution < 1.29 is 9.53 Å². The lowest BCUT2D eigenvalue weighted by Gasteiger charge is -2.32. The summed E-state index contributed by atoms with van der Waals surface area (Å²) in [6.07, 6.45) is 2.24. The average molecular weight is 247 g/mol. The highest BCUT2D eigenvalue weighted by Gasteiger charge is 2.24. The van der Waals surface area contributed by atoms with E-state index in [9.17, 15) is 4.79 Å². The van der Waals surface area contributed by atoms with E-state index >= 15 is 0 Å². The van der Waals surface area contributed by atoms with E-state index < -0.39 is 0 Å². The summed E-state index contributed by atoms with van der Waals surface area (Å²) in [7, 11) is 0.